The number of benzene rings is 2. The first-order valence-corrected chi connectivity index (χ1v) is 9.72. The Bertz CT molecular complexity index is 612. The van der Waals surface area contributed by atoms with Crippen molar-refractivity contribution < 1.29 is 4.79 Å². The van der Waals surface area contributed by atoms with Crippen LogP contribution in [0.5, 0.6) is 0 Å². The van der Waals surface area contributed by atoms with Crippen molar-refractivity contribution in [3.8, 4) is 0 Å². The molecule has 1 nitrogen and oxygen atoms in total. The normalized spacial score (nSPS) is 12.5. The van der Waals surface area contributed by atoms with E-state index in [1.807, 2.05) is 49.4 Å². The van der Waals surface area contributed by atoms with E-state index >= 15 is 0 Å². The van der Waals surface area contributed by atoms with Crippen LogP contribution >= 0.6 is 0 Å². The summed E-state index contributed by atoms with van der Waals surface area (Å²) >= 11 is 0. The van der Waals surface area contributed by atoms with E-state index < -0.39 is 8.07 Å². The van der Waals surface area contributed by atoms with E-state index in [0.29, 0.717) is 0 Å². The zero-order valence-corrected chi connectivity index (χ0v) is 14.8. The zero-order valence-electron chi connectivity index (χ0n) is 13.8. The Kier molecular flexibility index (Phi) is 4.82. The summed E-state index contributed by atoms with van der Waals surface area (Å²) in [6.45, 7) is 8.50. The SMILES string of the molecule is C/C=C/C(=O)[Si](c1ccccc1)(c1ccccc1)C(C)(C)C. The van der Waals surface area contributed by atoms with E-state index in [1.54, 1.807) is 6.08 Å². The lowest BCUT2D eigenvalue weighted by Crippen LogP contribution is -2.69. The number of allylic oxidation sites excluding steroid dienone is 2. The highest BCUT2D eigenvalue weighted by molar-refractivity contribution is 7.25. The maximum absolute atomic E-state index is 13.3. The van der Waals surface area contributed by atoms with Crippen LogP contribution in [0.25, 0.3) is 0 Å². The highest BCUT2D eigenvalue weighted by atomic mass is 28.3. The van der Waals surface area contributed by atoms with Crippen molar-refractivity contribution in [3.63, 3.8) is 0 Å². The van der Waals surface area contributed by atoms with E-state index in [2.05, 4.69) is 45.0 Å². The molecule has 0 heterocycles. The van der Waals surface area contributed by atoms with Gasteiger partial charge in [0.05, 0.1) is 0 Å². The predicted octanol–water partition coefficient (Wildman–Crippen LogP) is 3.73. The number of carbonyl (C=O) groups is 1. The molecule has 2 aromatic rings. The average Bonchev–Trinajstić information content (AvgIpc) is 2.49. The first kappa shape index (κ1) is 16.4. The summed E-state index contributed by atoms with van der Waals surface area (Å²) in [6.07, 6.45) is 3.62. The van der Waals surface area contributed by atoms with Gasteiger partial charge >= 0.3 is 0 Å². The minimum atomic E-state index is -2.60. The Labute approximate surface area is 134 Å². The van der Waals surface area contributed by atoms with E-state index in [9.17, 15) is 4.79 Å². The summed E-state index contributed by atoms with van der Waals surface area (Å²) in [5.41, 5.74) is 0. The van der Waals surface area contributed by atoms with E-state index in [-0.39, 0.29) is 10.4 Å². The Morgan fingerprint density at radius 2 is 1.27 bits per heavy atom. The molecule has 0 saturated carbocycles. The van der Waals surface area contributed by atoms with Crippen LogP contribution in [-0.2, 0) is 4.79 Å². The van der Waals surface area contributed by atoms with Crippen LogP contribution in [0.4, 0.5) is 0 Å². The Morgan fingerprint density at radius 1 is 0.864 bits per heavy atom. The van der Waals surface area contributed by atoms with Gasteiger partial charge in [0.1, 0.15) is 5.41 Å². The molecular weight excluding hydrogens is 284 g/mol. The van der Waals surface area contributed by atoms with E-state index in [1.165, 1.54) is 10.4 Å². The monoisotopic (exact) mass is 308 g/mol. The zero-order chi connectivity index (χ0) is 16.2. The molecule has 0 bridgehead atoms. The lowest BCUT2D eigenvalue weighted by atomic mass is 10.2. The van der Waals surface area contributed by atoms with Crippen LogP contribution in [0.3, 0.4) is 0 Å². The second kappa shape index (κ2) is 6.45. The lowest BCUT2D eigenvalue weighted by Gasteiger charge is -2.41. The molecule has 0 aliphatic heterocycles. The van der Waals surface area contributed by atoms with E-state index in [4.69, 9.17) is 0 Å². The third-order valence-corrected chi connectivity index (χ3v) is 9.78. The molecule has 2 rings (SSSR count). The quantitative estimate of drug-likeness (QED) is 0.621. The fourth-order valence-electron chi connectivity index (χ4n) is 3.34. The maximum Gasteiger partial charge on any atom is 0.204 e. The van der Waals surface area contributed by atoms with Crippen molar-refractivity contribution in [1.82, 2.24) is 0 Å². The smallest absolute Gasteiger partial charge is 0.204 e. The van der Waals surface area contributed by atoms with Gasteiger partial charge in [-0.2, -0.15) is 0 Å². The number of hydrogen-bond donors (Lipinski definition) is 0. The molecule has 0 aliphatic rings. The largest absolute Gasteiger partial charge is 0.300 e. The molecule has 0 atom stereocenters. The van der Waals surface area contributed by atoms with Gasteiger partial charge in [-0.15, -0.1) is 0 Å². The molecule has 0 N–H and O–H groups in total. The van der Waals surface area contributed by atoms with Gasteiger partial charge in [0.25, 0.3) is 0 Å². The molecule has 0 unspecified atom stereocenters. The third-order valence-electron chi connectivity index (χ3n) is 4.23. The van der Waals surface area contributed by atoms with Crippen LogP contribution in [0.15, 0.2) is 72.8 Å². The second-order valence-electron chi connectivity index (χ2n) is 6.60. The summed E-state index contributed by atoms with van der Waals surface area (Å²) in [5.74, 6) is 0. The number of hydrogen-bond acceptors (Lipinski definition) is 1. The summed E-state index contributed by atoms with van der Waals surface area (Å²) in [6, 6.07) is 20.6. The standard InChI is InChI=1S/C20H24OSi/c1-5-12-19(21)22(20(2,3)4,17-13-8-6-9-14-17)18-15-10-7-11-16-18/h5-16H,1-4H3/b12-5+. The van der Waals surface area contributed by atoms with Gasteiger partial charge in [0.15, 0.2) is 0 Å². The van der Waals surface area contributed by atoms with Gasteiger partial charge in [-0.05, 0) is 28.4 Å². The number of rotatable bonds is 4. The van der Waals surface area contributed by atoms with Gasteiger partial charge in [-0.25, -0.2) is 0 Å². The maximum atomic E-state index is 13.3. The van der Waals surface area contributed by atoms with E-state index in [0.717, 1.165) is 0 Å². The van der Waals surface area contributed by atoms with Crippen molar-refractivity contribution >= 4 is 23.9 Å². The number of carbonyl (C=O) groups excluding carboxylic acids is 1. The van der Waals surface area contributed by atoms with Crippen LogP contribution in [-0.4, -0.2) is 13.5 Å². The minimum absolute atomic E-state index is 0.119. The molecular formula is C20H24OSi. The summed E-state index contributed by atoms with van der Waals surface area (Å²) < 4.78 is 0. The van der Waals surface area contributed by atoms with Crippen LogP contribution in [0.1, 0.15) is 27.7 Å². The van der Waals surface area contributed by atoms with Crippen molar-refractivity contribution in [2.45, 2.75) is 32.7 Å². The molecule has 22 heavy (non-hydrogen) atoms. The third kappa shape index (κ3) is 2.71. The van der Waals surface area contributed by atoms with Crippen LogP contribution in [0.2, 0.25) is 5.04 Å². The first-order valence-electron chi connectivity index (χ1n) is 7.72. The summed E-state index contributed by atoms with van der Waals surface area (Å²) in [7, 11) is -2.60. The summed E-state index contributed by atoms with van der Waals surface area (Å²) in [5, 5.41) is 2.50. The predicted molar refractivity (Wildman–Crippen MR) is 97.4 cm³/mol. The molecule has 0 amide bonds. The van der Waals surface area contributed by atoms with Crippen molar-refractivity contribution in [2.75, 3.05) is 0 Å². The topological polar surface area (TPSA) is 17.1 Å². The molecule has 0 saturated heterocycles. The van der Waals surface area contributed by atoms with Crippen LogP contribution in [0, 0.1) is 0 Å². The Morgan fingerprint density at radius 3 is 1.59 bits per heavy atom. The Balaban J connectivity index is 2.85. The molecule has 2 heteroatoms. The van der Waals surface area contributed by atoms with Crippen molar-refractivity contribution in [1.29, 1.82) is 0 Å². The molecule has 0 fully saturated rings. The first-order chi connectivity index (χ1) is 10.4. The highest BCUT2D eigenvalue weighted by Crippen LogP contribution is 2.36. The second-order valence-corrected chi connectivity index (χ2v) is 11.2. The van der Waals surface area contributed by atoms with Gasteiger partial charge in [0.2, 0.25) is 8.07 Å². The Hall–Kier alpha value is -1.93. The van der Waals surface area contributed by atoms with Gasteiger partial charge < -0.3 is 0 Å². The fraction of sp³-hybridized carbons (Fsp3) is 0.250. The molecule has 0 aliphatic carbocycles. The average molecular weight is 308 g/mol. The van der Waals surface area contributed by atoms with Gasteiger partial charge in [-0.1, -0.05) is 87.5 Å². The van der Waals surface area contributed by atoms with Crippen molar-refractivity contribution in [2.24, 2.45) is 0 Å². The summed E-state index contributed by atoms with van der Waals surface area (Å²) in [4.78, 5) is 13.3. The molecule has 0 aromatic heterocycles. The molecule has 0 radical (unpaired) electrons. The fourth-order valence-corrected chi connectivity index (χ4v) is 8.51. The van der Waals surface area contributed by atoms with Gasteiger partial charge in [-0.3, -0.25) is 4.79 Å². The molecule has 0 spiro atoms. The molecule has 2 aromatic carbocycles. The minimum Gasteiger partial charge on any atom is -0.300 e. The lowest BCUT2D eigenvalue weighted by molar-refractivity contribution is -0.108. The highest BCUT2D eigenvalue weighted by Gasteiger charge is 2.52. The van der Waals surface area contributed by atoms with Crippen molar-refractivity contribution in [3.05, 3.63) is 72.8 Å². The van der Waals surface area contributed by atoms with Gasteiger partial charge in [0, 0.05) is 0 Å². The molecule has 114 valence electrons. The van der Waals surface area contributed by atoms with Crippen LogP contribution < -0.4 is 10.4 Å².